The van der Waals surface area contributed by atoms with Crippen LogP contribution in [-0.4, -0.2) is 6.16 Å². The van der Waals surface area contributed by atoms with Gasteiger partial charge in [-0.3, -0.25) is 0 Å². The Bertz CT molecular complexity index is 318. The quantitative estimate of drug-likeness (QED) is 0.356. The number of unbranched alkanes of at least 4 members (excludes halogenated alkanes) is 8. The van der Waals surface area contributed by atoms with Crippen molar-refractivity contribution in [2.75, 3.05) is 0 Å². The molecule has 0 rings (SSSR count). The van der Waals surface area contributed by atoms with Crippen LogP contribution in [0.15, 0.2) is 0 Å². The molecule has 0 aliphatic heterocycles. The summed E-state index contributed by atoms with van der Waals surface area (Å²) in [4.78, 5) is 11.1. The minimum Gasteiger partial charge on any atom is -0.340 e. The van der Waals surface area contributed by atoms with E-state index in [1.165, 1.54) is 38.5 Å². The molecule has 0 aromatic rings. The van der Waals surface area contributed by atoms with E-state index in [0.29, 0.717) is 0 Å². The first kappa shape index (κ1) is 18.4. The predicted octanol–water partition coefficient (Wildman–Crippen LogP) is 5.00. The van der Waals surface area contributed by atoms with Crippen molar-refractivity contribution in [2.24, 2.45) is 0 Å². The summed E-state index contributed by atoms with van der Waals surface area (Å²) in [5, 5.41) is 0. The van der Waals surface area contributed by atoms with Gasteiger partial charge in [0.15, 0.2) is 0 Å². The molecular weight excluding hydrogens is 252 g/mol. The summed E-state index contributed by atoms with van der Waals surface area (Å²) in [5.74, 6) is 5.56. The Hall–Kier alpha value is -1.61. The average Bonchev–Trinajstić information content (AvgIpc) is 2.45. The Morgan fingerprint density at radius 2 is 1.20 bits per heavy atom. The van der Waals surface area contributed by atoms with Gasteiger partial charge in [0.2, 0.25) is 0 Å². The fourth-order valence-electron chi connectivity index (χ4n) is 1.56. The molecule has 0 N–H and O–H groups in total. The molecule has 0 saturated carbocycles. The van der Waals surface area contributed by atoms with Crippen molar-refractivity contribution >= 4 is 6.16 Å². The van der Waals surface area contributed by atoms with Crippen molar-refractivity contribution in [2.45, 2.75) is 78.1 Å². The number of carbonyl (C=O) groups is 1. The van der Waals surface area contributed by atoms with E-state index in [9.17, 15) is 4.79 Å². The molecule has 3 nitrogen and oxygen atoms in total. The van der Waals surface area contributed by atoms with Gasteiger partial charge in [0.1, 0.15) is 12.2 Å². The molecule has 0 aliphatic rings. The molecule has 0 fully saturated rings. The number of ether oxygens (including phenoxy) is 2. The zero-order chi connectivity index (χ0) is 14.9. The lowest BCUT2D eigenvalue weighted by molar-refractivity contribution is 0.132. The first-order chi connectivity index (χ1) is 9.81. The third-order valence-electron chi connectivity index (χ3n) is 2.72. The topological polar surface area (TPSA) is 35.5 Å². The number of rotatable bonds is 8. The Labute approximate surface area is 123 Å². The fourth-order valence-corrected chi connectivity index (χ4v) is 1.56. The van der Waals surface area contributed by atoms with E-state index in [0.717, 1.165) is 25.7 Å². The van der Waals surface area contributed by atoms with Crippen molar-refractivity contribution in [1.82, 2.24) is 0 Å². The van der Waals surface area contributed by atoms with Gasteiger partial charge in [-0.05, 0) is 12.8 Å². The molecular formula is C17H26O3. The molecule has 0 bridgehead atoms. The SMILES string of the molecule is CCCCCCC#COC(=O)OC#CCCCCCC. The highest BCUT2D eigenvalue weighted by Crippen LogP contribution is 2.01. The number of hydrogen-bond donors (Lipinski definition) is 0. The molecule has 0 aromatic heterocycles. The Morgan fingerprint density at radius 1 is 0.750 bits per heavy atom. The average molecular weight is 278 g/mol. The summed E-state index contributed by atoms with van der Waals surface area (Å²) >= 11 is 0. The summed E-state index contributed by atoms with van der Waals surface area (Å²) in [6.45, 7) is 4.32. The maximum absolute atomic E-state index is 11.1. The van der Waals surface area contributed by atoms with Gasteiger partial charge in [0, 0.05) is 12.8 Å². The van der Waals surface area contributed by atoms with Crippen molar-refractivity contribution in [1.29, 1.82) is 0 Å². The molecule has 0 saturated heterocycles. The standard InChI is InChI=1S/C17H26O3/c1-3-5-7-9-11-13-15-19-17(18)20-16-14-12-10-8-6-4-2/h3-12H2,1-2H3. The van der Waals surface area contributed by atoms with Gasteiger partial charge in [0.05, 0.1) is 0 Å². The van der Waals surface area contributed by atoms with Gasteiger partial charge >= 0.3 is 6.16 Å². The highest BCUT2D eigenvalue weighted by molar-refractivity contribution is 5.62. The lowest BCUT2D eigenvalue weighted by Gasteiger charge is -1.93. The van der Waals surface area contributed by atoms with Crippen molar-refractivity contribution in [3.05, 3.63) is 0 Å². The Morgan fingerprint density at radius 3 is 1.60 bits per heavy atom. The fraction of sp³-hybridized carbons (Fsp3) is 0.706. The van der Waals surface area contributed by atoms with Gasteiger partial charge in [-0.1, -0.05) is 64.2 Å². The van der Waals surface area contributed by atoms with Crippen LogP contribution in [-0.2, 0) is 9.47 Å². The molecule has 0 spiro atoms. The van der Waals surface area contributed by atoms with Crippen LogP contribution in [0.2, 0.25) is 0 Å². The maximum atomic E-state index is 11.1. The van der Waals surface area contributed by atoms with E-state index in [1.807, 2.05) is 0 Å². The van der Waals surface area contributed by atoms with Crippen LogP contribution in [0.25, 0.3) is 0 Å². The highest BCUT2D eigenvalue weighted by atomic mass is 16.7. The molecule has 3 heteroatoms. The van der Waals surface area contributed by atoms with Crippen LogP contribution in [0, 0.1) is 24.1 Å². The van der Waals surface area contributed by atoms with E-state index in [2.05, 4.69) is 47.4 Å². The highest BCUT2D eigenvalue weighted by Gasteiger charge is 1.98. The van der Waals surface area contributed by atoms with Gasteiger partial charge in [-0.25, -0.2) is 4.79 Å². The largest absolute Gasteiger partial charge is 0.537 e. The minimum atomic E-state index is -0.841. The van der Waals surface area contributed by atoms with E-state index in [4.69, 9.17) is 0 Å². The first-order valence-electron chi connectivity index (χ1n) is 7.64. The third kappa shape index (κ3) is 14.5. The van der Waals surface area contributed by atoms with E-state index in [-0.39, 0.29) is 0 Å². The smallest absolute Gasteiger partial charge is 0.340 e. The second-order valence-corrected chi connectivity index (χ2v) is 4.63. The minimum absolute atomic E-state index is 0.746. The van der Waals surface area contributed by atoms with Gasteiger partial charge in [0.25, 0.3) is 0 Å². The molecule has 0 aliphatic carbocycles. The Kier molecular flexibility index (Phi) is 14.2. The lowest BCUT2D eigenvalue weighted by atomic mass is 10.2. The molecule has 0 unspecified atom stereocenters. The van der Waals surface area contributed by atoms with Gasteiger partial charge < -0.3 is 9.47 Å². The van der Waals surface area contributed by atoms with Gasteiger partial charge in [-0.2, -0.15) is 0 Å². The van der Waals surface area contributed by atoms with Crippen LogP contribution < -0.4 is 0 Å². The summed E-state index contributed by atoms with van der Waals surface area (Å²) in [5.41, 5.74) is 0. The van der Waals surface area contributed by atoms with Crippen LogP contribution in [0.5, 0.6) is 0 Å². The summed E-state index contributed by atoms with van der Waals surface area (Å²) in [6, 6.07) is 0. The third-order valence-corrected chi connectivity index (χ3v) is 2.72. The zero-order valence-electron chi connectivity index (χ0n) is 12.8. The van der Waals surface area contributed by atoms with Crippen molar-refractivity contribution < 1.29 is 14.3 Å². The molecule has 0 atom stereocenters. The summed E-state index contributed by atoms with van der Waals surface area (Å²) in [6.07, 6.45) is 14.6. The second-order valence-electron chi connectivity index (χ2n) is 4.63. The maximum Gasteiger partial charge on any atom is 0.537 e. The van der Waals surface area contributed by atoms with Crippen molar-refractivity contribution in [3.63, 3.8) is 0 Å². The normalized spacial score (nSPS) is 8.90. The van der Waals surface area contributed by atoms with Crippen molar-refractivity contribution in [3.8, 4) is 24.1 Å². The lowest BCUT2D eigenvalue weighted by Crippen LogP contribution is -1.98. The molecule has 0 radical (unpaired) electrons. The monoisotopic (exact) mass is 278 g/mol. The molecule has 0 amide bonds. The Balaban J connectivity index is 3.49. The predicted molar refractivity (Wildman–Crippen MR) is 80.6 cm³/mol. The summed E-state index contributed by atoms with van der Waals surface area (Å²) < 4.78 is 9.14. The zero-order valence-corrected chi connectivity index (χ0v) is 12.8. The van der Waals surface area contributed by atoms with E-state index in [1.54, 1.807) is 0 Å². The number of hydrogen-bond acceptors (Lipinski definition) is 3. The first-order valence-corrected chi connectivity index (χ1v) is 7.64. The molecule has 0 aromatic carbocycles. The molecule has 0 heterocycles. The van der Waals surface area contributed by atoms with Crippen LogP contribution in [0.3, 0.4) is 0 Å². The summed E-state index contributed by atoms with van der Waals surface area (Å²) in [7, 11) is 0. The second kappa shape index (κ2) is 15.4. The van der Waals surface area contributed by atoms with Crippen LogP contribution in [0.4, 0.5) is 4.79 Å². The molecule has 112 valence electrons. The number of carbonyl (C=O) groups excluding carboxylic acids is 1. The van der Waals surface area contributed by atoms with Gasteiger partial charge in [-0.15, -0.1) is 0 Å². The van der Waals surface area contributed by atoms with Crippen LogP contribution >= 0.6 is 0 Å². The van der Waals surface area contributed by atoms with E-state index < -0.39 is 6.16 Å². The van der Waals surface area contributed by atoms with Crippen LogP contribution in [0.1, 0.15) is 78.1 Å². The molecule has 20 heavy (non-hydrogen) atoms. The van der Waals surface area contributed by atoms with E-state index >= 15 is 0 Å².